The Bertz CT molecular complexity index is 698. The zero-order valence-electron chi connectivity index (χ0n) is 8.46. The van der Waals surface area contributed by atoms with E-state index < -0.39 is 17.7 Å². The summed E-state index contributed by atoms with van der Waals surface area (Å²) < 4.78 is 26.5. The average molecular weight is 350 g/mol. The predicted molar refractivity (Wildman–Crippen MR) is 62.9 cm³/mol. The topological polar surface area (TPSA) is 73.9 Å². The van der Waals surface area contributed by atoms with E-state index in [-0.39, 0.29) is 11.2 Å². The summed E-state index contributed by atoms with van der Waals surface area (Å²) >= 11 is 1.78. The maximum atomic E-state index is 12.7. The lowest BCUT2D eigenvalue weighted by atomic mass is 10.2. The van der Waals surface area contributed by atoms with Gasteiger partial charge in [0.2, 0.25) is 0 Å². The van der Waals surface area contributed by atoms with Crippen molar-refractivity contribution in [3.8, 4) is 6.07 Å². The van der Waals surface area contributed by atoms with E-state index in [0.717, 1.165) is 4.52 Å². The zero-order valence-corrected chi connectivity index (χ0v) is 10.6. The van der Waals surface area contributed by atoms with Gasteiger partial charge in [-0.05, 0) is 29.5 Å². The molecule has 0 bridgehead atoms. The van der Waals surface area contributed by atoms with Crippen molar-refractivity contribution in [3.63, 3.8) is 0 Å². The van der Waals surface area contributed by atoms with Crippen LogP contribution in [0.5, 0.6) is 0 Å². The highest BCUT2D eigenvalue weighted by Crippen LogP contribution is 2.23. The van der Waals surface area contributed by atoms with Crippen LogP contribution in [0.2, 0.25) is 0 Å². The van der Waals surface area contributed by atoms with E-state index in [1.807, 2.05) is 0 Å². The van der Waals surface area contributed by atoms with Gasteiger partial charge in [-0.2, -0.15) is 9.78 Å². The number of nitrogens with one attached hydrogen (secondary N) is 1. The van der Waals surface area contributed by atoms with Gasteiger partial charge in [0.25, 0.3) is 12.0 Å². The fraction of sp³-hybridized carbons (Fsp3) is 0.222. The number of alkyl halides is 2. The lowest BCUT2D eigenvalue weighted by molar-refractivity contribution is 0.145. The molecule has 2 aromatic rings. The maximum absolute atomic E-state index is 12.7. The predicted octanol–water partition coefficient (Wildman–Crippen LogP) is 1.74. The largest absolute Gasteiger partial charge is 0.287 e. The second kappa shape index (κ2) is 4.06. The lowest BCUT2D eigenvalue weighted by Crippen LogP contribution is -2.19. The van der Waals surface area contributed by atoms with Crippen LogP contribution in [-0.4, -0.2) is 14.6 Å². The van der Waals surface area contributed by atoms with Gasteiger partial charge in [-0.25, -0.2) is 13.8 Å². The molecule has 0 fully saturated rings. The van der Waals surface area contributed by atoms with Gasteiger partial charge >= 0.3 is 0 Å². The van der Waals surface area contributed by atoms with Crippen LogP contribution in [0.1, 0.15) is 23.4 Å². The molecule has 0 aliphatic rings. The van der Waals surface area contributed by atoms with Crippen LogP contribution in [0.3, 0.4) is 0 Å². The summed E-state index contributed by atoms with van der Waals surface area (Å²) in [7, 11) is 0. The molecule has 0 radical (unpaired) electrons. The fourth-order valence-corrected chi connectivity index (χ4v) is 1.81. The third-order valence-corrected chi connectivity index (χ3v) is 3.49. The molecule has 0 unspecified atom stereocenters. The molecular formula is C9H5F2IN4O. The standard InChI is InChI=1S/C9H5F2IN4O/c1-3-5(12)9(17)16-8(14-3)4(2-13)6(15-16)7(10)11/h7,15H,1H3. The van der Waals surface area contributed by atoms with E-state index in [4.69, 9.17) is 5.26 Å². The van der Waals surface area contributed by atoms with Gasteiger partial charge in [-0.3, -0.25) is 9.89 Å². The fourth-order valence-electron chi connectivity index (χ4n) is 1.44. The molecule has 2 rings (SSSR count). The maximum Gasteiger partial charge on any atom is 0.286 e. The van der Waals surface area contributed by atoms with Crippen molar-refractivity contribution in [2.24, 2.45) is 0 Å². The third-order valence-electron chi connectivity index (χ3n) is 2.25. The molecule has 0 saturated carbocycles. The number of aryl methyl sites for hydroxylation is 1. The van der Waals surface area contributed by atoms with Crippen LogP contribution in [0, 0.1) is 21.8 Å². The molecule has 0 aromatic carbocycles. The Hall–Kier alpha value is -1.50. The van der Waals surface area contributed by atoms with Crippen molar-refractivity contribution >= 4 is 28.2 Å². The molecule has 0 amide bonds. The molecule has 17 heavy (non-hydrogen) atoms. The highest BCUT2D eigenvalue weighted by molar-refractivity contribution is 14.1. The first kappa shape index (κ1) is 12.0. The van der Waals surface area contributed by atoms with Crippen molar-refractivity contribution in [3.05, 3.63) is 30.9 Å². The molecule has 0 spiro atoms. The number of aromatic nitrogens is 3. The summed E-state index contributed by atoms with van der Waals surface area (Å²) in [5.41, 5.74) is -1.02. The monoisotopic (exact) mass is 350 g/mol. The highest BCUT2D eigenvalue weighted by atomic mass is 127. The SMILES string of the molecule is Cc1nc2c(C#N)c(C(F)F)[nH]n2c(=O)c1I. The normalized spacial score (nSPS) is 11.1. The van der Waals surface area contributed by atoms with Crippen molar-refractivity contribution in [2.75, 3.05) is 0 Å². The van der Waals surface area contributed by atoms with Gasteiger partial charge in [0.1, 0.15) is 20.9 Å². The minimum absolute atomic E-state index is 0.0642. The Kier molecular flexibility index (Phi) is 2.86. The number of nitrogens with zero attached hydrogens (tertiary/aromatic N) is 3. The molecule has 0 aliphatic carbocycles. The molecule has 2 heterocycles. The van der Waals surface area contributed by atoms with Crippen LogP contribution >= 0.6 is 22.6 Å². The Labute approximate surface area is 107 Å². The quantitative estimate of drug-likeness (QED) is 0.797. The molecule has 0 saturated heterocycles. The van der Waals surface area contributed by atoms with Gasteiger partial charge in [-0.1, -0.05) is 0 Å². The van der Waals surface area contributed by atoms with Gasteiger partial charge in [-0.15, -0.1) is 0 Å². The molecule has 5 nitrogen and oxygen atoms in total. The van der Waals surface area contributed by atoms with E-state index in [2.05, 4.69) is 10.1 Å². The van der Waals surface area contributed by atoms with Gasteiger partial charge in [0, 0.05) is 0 Å². The number of hydrogen-bond acceptors (Lipinski definition) is 3. The number of hydrogen-bond donors (Lipinski definition) is 1. The number of halogens is 3. The van der Waals surface area contributed by atoms with Crippen LogP contribution in [-0.2, 0) is 0 Å². The molecule has 8 heteroatoms. The highest BCUT2D eigenvalue weighted by Gasteiger charge is 2.22. The third kappa shape index (κ3) is 1.70. The van der Waals surface area contributed by atoms with E-state index in [1.165, 1.54) is 0 Å². The van der Waals surface area contributed by atoms with Gasteiger partial charge in [0.05, 0.1) is 5.69 Å². The lowest BCUT2D eigenvalue weighted by Gasteiger charge is -1.97. The first-order valence-corrected chi connectivity index (χ1v) is 5.54. The van der Waals surface area contributed by atoms with Crippen LogP contribution in [0.15, 0.2) is 4.79 Å². The minimum Gasteiger partial charge on any atom is -0.287 e. The van der Waals surface area contributed by atoms with Crippen LogP contribution in [0.4, 0.5) is 8.78 Å². The number of H-pyrrole nitrogens is 1. The second-order valence-corrected chi connectivity index (χ2v) is 4.37. The molecule has 1 N–H and O–H groups in total. The summed E-state index contributed by atoms with van der Waals surface area (Å²) in [6.45, 7) is 1.58. The van der Waals surface area contributed by atoms with Gasteiger partial charge < -0.3 is 0 Å². The Balaban J connectivity index is 2.99. The zero-order chi connectivity index (χ0) is 12.7. The van der Waals surface area contributed by atoms with Crippen LogP contribution in [0.25, 0.3) is 5.65 Å². The number of rotatable bonds is 1. The van der Waals surface area contributed by atoms with Gasteiger partial charge in [0.15, 0.2) is 5.65 Å². The number of aromatic amines is 1. The second-order valence-electron chi connectivity index (χ2n) is 3.29. The molecule has 88 valence electrons. The van der Waals surface area contributed by atoms with Crippen molar-refractivity contribution in [1.82, 2.24) is 14.6 Å². The Morgan fingerprint density at radius 2 is 2.24 bits per heavy atom. The smallest absolute Gasteiger partial charge is 0.286 e. The summed E-state index contributed by atoms with van der Waals surface area (Å²) in [6.07, 6.45) is -2.86. The first-order chi connectivity index (χ1) is 7.97. The van der Waals surface area contributed by atoms with E-state index in [1.54, 1.807) is 35.6 Å². The van der Waals surface area contributed by atoms with E-state index >= 15 is 0 Å². The van der Waals surface area contributed by atoms with Crippen molar-refractivity contribution < 1.29 is 8.78 Å². The summed E-state index contributed by atoms with van der Waals surface area (Å²) in [5, 5.41) is 11.1. The molecule has 0 aliphatic heterocycles. The summed E-state index contributed by atoms with van der Waals surface area (Å²) in [5.74, 6) is 0. The minimum atomic E-state index is -2.86. The van der Waals surface area contributed by atoms with E-state index in [0.29, 0.717) is 9.26 Å². The number of nitriles is 1. The summed E-state index contributed by atoms with van der Waals surface area (Å²) in [4.78, 5) is 15.8. The molecular weight excluding hydrogens is 345 g/mol. The average Bonchev–Trinajstić information content (AvgIpc) is 2.64. The molecule has 0 atom stereocenters. The number of fused-ring (bicyclic) bond motifs is 1. The van der Waals surface area contributed by atoms with Crippen molar-refractivity contribution in [1.29, 1.82) is 5.26 Å². The van der Waals surface area contributed by atoms with Crippen LogP contribution < -0.4 is 5.56 Å². The summed E-state index contributed by atoms with van der Waals surface area (Å²) in [6, 6.07) is 1.64. The molecule has 2 aromatic heterocycles. The van der Waals surface area contributed by atoms with Crippen molar-refractivity contribution in [2.45, 2.75) is 13.3 Å². The Morgan fingerprint density at radius 1 is 1.59 bits per heavy atom. The van der Waals surface area contributed by atoms with E-state index in [9.17, 15) is 13.6 Å². The first-order valence-electron chi connectivity index (χ1n) is 4.46. The Morgan fingerprint density at radius 3 is 2.76 bits per heavy atom.